The van der Waals surface area contributed by atoms with Crippen molar-refractivity contribution in [1.29, 1.82) is 0 Å². The molecular weight excluding hydrogens is 498 g/mol. The average molecular weight is 531 g/mol. The molecule has 1 saturated heterocycles. The number of fused-ring (bicyclic) bond motifs is 1. The highest BCUT2D eigenvalue weighted by atomic mass is 19.1. The van der Waals surface area contributed by atoms with Gasteiger partial charge >= 0.3 is 6.09 Å². The van der Waals surface area contributed by atoms with Gasteiger partial charge in [0.1, 0.15) is 22.9 Å². The van der Waals surface area contributed by atoms with Crippen molar-refractivity contribution in [2.75, 3.05) is 33.9 Å². The maximum atomic E-state index is 15.4. The summed E-state index contributed by atoms with van der Waals surface area (Å²) in [6.07, 6.45) is 1.11. The Balaban J connectivity index is 1.72. The lowest BCUT2D eigenvalue weighted by molar-refractivity contribution is -0.0757. The predicted molar refractivity (Wildman–Crippen MR) is 136 cm³/mol. The van der Waals surface area contributed by atoms with Crippen LogP contribution in [0.2, 0.25) is 0 Å². The number of hydrogen-bond donors (Lipinski definition) is 0. The van der Waals surface area contributed by atoms with Gasteiger partial charge in [0, 0.05) is 31.8 Å². The first kappa shape index (κ1) is 27.5. The van der Waals surface area contributed by atoms with E-state index < -0.39 is 35.3 Å². The van der Waals surface area contributed by atoms with Gasteiger partial charge in [0.15, 0.2) is 0 Å². The van der Waals surface area contributed by atoms with Crippen molar-refractivity contribution in [3.63, 3.8) is 0 Å². The van der Waals surface area contributed by atoms with Crippen LogP contribution < -0.4 is 0 Å². The van der Waals surface area contributed by atoms with Gasteiger partial charge in [-0.2, -0.15) is 0 Å². The van der Waals surface area contributed by atoms with Gasteiger partial charge in [-0.25, -0.2) is 23.6 Å². The van der Waals surface area contributed by atoms with Crippen molar-refractivity contribution in [1.82, 2.24) is 19.3 Å². The van der Waals surface area contributed by atoms with Gasteiger partial charge in [0.2, 0.25) is 0 Å². The maximum absolute atomic E-state index is 15.4. The number of hydrogen-bond acceptors (Lipinski definition) is 6. The highest BCUT2D eigenvalue weighted by Gasteiger charge is 2.31. The van der Waals surface area contributed by atoms with Crippen LogP contribution in [0.15, 0.2) is 30.5 Å². The molecule has 9 nitrogen and oxygen atoms in total. The second-order valence-electron chi connectivity index (χ2n) is 10.3. The summed E-state index contributed by atoms with van der Waals surface area (Å²) in [5.74, 6) is -2.56. The number of imidazole rings is 1. The molecule has 11 heteroatoms. The van der Waals surface area contributed by atoms with Crippen LogP contribution in [0.3, 0.4) is 0 Å². The molecule has 3 aromatic rings. The second kappa shape index (κ2) is 10.7. The van der Waals surface area contributed by atoms with E-state index in [1.165, 1.54) is 14.2 Å². The van der Waals surface area contributed by atoms with Gasteiger partial charge in [-0.15, -0.1) is 0 Å². The summed E-state index contributed by atoms with van der Waals surface area (Å²) in [6, 6.07) is 5.61. The highest BCUT2D eigenvalue weighted by Crippen LogP contribution is 2.32. The number of nitrogens with zero attached hydrogens (tertiary/aromatic N) is 4. The first-order valence-corrected chi connectivity index (χ1v) is 12.3. The Labute approximate surface area is 219 Å². The average Bonchev–Trinajstić information content (AvgIpc) is 3.18. The number of pyridine rings is 1. The van der Waals surface area contributed by atoms with Crippen molar-refractivity contribution in [2.45, 2.75) is 45.8 Å². The molecule has 1 fully saturated rings. The van der Waals surface area contributed by atoms with Crippen LogP contribution in [-0.4, -0.2) is 76.9 Å². The summed E-state index contributed by atoms with van der Waals surface area (Å²) in [5.41, 5.74) is 0.862. The molecule has 38 heavy (non-hydrogen) atoms. The molecule has 0 bridgehead atoms. The van der Waals surface area contributed by atoms with Gasteiger partial charge in [-0.1, -0.05) is 0 Å². The lowest BCUT2D eigenvalue weighted by atomic mass is 10.0. The molecule has 0 saturated carbocycles. The van der Waals surface area contributed by atoms with E-state index in [0.29, 0.717) is 24.5 Å². The molecule has 2 aromatic heterocycles. The van der Waals surface area contributed by atoms with Gasteiger partial charge in [0.25, 0.3) is 5.91 Å². The number of rotatable bonds is 5. The summed E-state index contributed by atoms with van der Waals surface area (Å²) in [7, 11) is 2.63. The molecule has 0 unspecified atom stereocenters. The van der Waals surface area contributed by atoms with E-state index in [9.17, 15) is 9.59 Å². The summed E-state index contributed by atoms with van der Waals surface area (Å²) >= 11 is 0. The number of carbonyl (C=O) groups is 2. The van der Waals surface area contributed by atoms with Crippen molar-refractivity contribution < 1.29 is 32.7 Å². The molecule has 1 aromatic carbocycles. The van der Waals surface area contributed by atoms with Gasteiger partial charge in [0.05, 0.1) is 43.3 Å². The van der Waals surface area contributed by atoms with Crippen molar-refractivity contribution >= 4 is 17.6 Å². The Morgan fingerprint density at radius 1 is 1.21 bits per heavy atom. The van der Waals surface area contributed by atoms with Crippen LogP contribution in [-0.2, 0) is 20.7 Å². The molecule has 1 aliphatic rings. The fraction of sp³-hybridized carbons (Fsp3) is 0.444. The number of aromatic nitrogens is 2. The third-order valence-electron chi connectivity index (χ3n) is 6.18. The van der Waals surface area contributed by atoms with Crippen molar-refractivity contribution in [3.8, 4) is 11.3 Å². The van der Waals surface area contributed by atoms with E-state index in [4.69, 9.17) is 14.3 Å². The Hall–Kier alpha value is -3.57. The quantitative estimate of drug-likeness (QED) is 0.455. The van der Waals surface area contributed by atoms with Crippen LogP contribution >= 0.6 is 0 Å². The first-order chi connectivity index (χ1) is 17.9. The zero-order valence-corrected chi connectivity index (χ0v) is 22.4. The van der Waals surface area contributed by atoms with Crippen molar-refractivity contribution in [3.05, 3.63) is 58.9 Å². The number of hydroxylamine groups is 2. The Bertz CT molecular complexity index is 1340. The zero-order valence-electron chi connectivity index (χ0n) is 22.4. The summed E-state index contributed by atoms with van der Waals surface area (Å²) in [4.78, 5) is 36.0. The molecule has 2 amide bonds. The number of ether oxygens (including phenoxy) is 2. The zero-order chi connectivity index (χ0) is 27.8. The fourth-order valence-corrected chi connectivity index (χ4v) is 4.33. The molecule has 1 atom stereocenters. The summed E-state index contributed by atoms with van der Waals surface area (Å²) in [6.45, 7) is 8.20. The van der Waals surface area contributed by atoms with Crippen LogP contribution in [0, 0.1) is 18.6 Å². The van der Waals surface area contributed by atoms with E-state index in [1.54, 1.807) is 36.3 Å². The van der Waals surface area contributed by atoms with Crippen LogP contribution in [0.1, 0.15) is 42.4 Å². The Kier molecular flexibility index (Phi) is 7.70. The normalized spacial score (nSPS) is 16.1. The Morgan fingerprint density at radius 3 is 2.53 bits per heavy atom. The summed E-state index contributed by atoms with van der Waals surface area (Å²) in [5, 5.41) is 0.879. The fourth-order valence-electron chi connectivity index (χ4n) is 4.33. The van der Waals surface area contributed by atoms with Crippen LogP contribution in [0.4, 0.5) is 13.6 Å². The third kappa shape index (κ3) is 5.78. The number of carbonyl (C=O) groups excluding carboxylic acids is 2. The first-order valence-electron chi connectivity index (χ1n) is 12.3. The predicted octanol–water partition coefficient (Wildman–Crippen LogP) is 4.40. The monoisotopic (exact) mass is 530 g/mol. The topological polar surface area (TPSA) is 85.6 Å². The lowest BCUT2D eigenvalue weighted by Crippen LogP contribution is -2.48. The number of halogens is 2. The molecule has 1 aliphatic heterocycles. The minimum absolute atomic E-state index is 0.0997. The largest absolute Gasteiger partial charge is 0.444 e. The molecular formula is C27H32F2N4O5. The number of amides is 2. The van der Waals surface area contributed by atoms with E-state index in [2.05, 4.69) is 4.98 Å². The smallest absolute Gasteiger partial charge is 0.410 e. The van der Waals surface area contributed by atoms with E-state index in [0.717, 1.165) is 22.8 Å². The molecule has 4 rings (SSSR count). The van der Waals surface area contributed by atoms with Gasteiger partial charge < -0.3 is 18.8 Å². The molecule has 204 valence electrons. The van der Waals surface area contributed by atoms with E-state index in [1.807, 2.05) is 19.1 Å². The molecule has 0 spiro atoms. The van der Waals surface area contributed by atoms with Gasteiger partial charge in [-0.05, 0) is 57.5 Å². The lowest BCUT2D eigenvalue weighted by Gasteiger charge is -2.34. The second-order valence-corrected chi connectivity index (χ2v) is 10.3. The van der Waals surface area contributed by atoms with E-state index >= 15 is 8.78 Å². The highest BCUT2D eigenvalue weighted by molar-refractivity contribution is 5.94. The Morgan fingerprint density at radius 2 is 1.89 bits per heavy atom. The van der Waals surface area contributed by atoms with Crippen LogP contribution in [0.25, 0.3) is 16.9 Å². The SMILES string of the molecule is CON(C)C(=O)c1cc(F)c(-c2nc3cc(C)ccn3c2C[C@H]2CN(C(=O)OC(C)(C)C)CCO2)c(F)c1. The molecule has 3 heterocycles. The molecule has 0 aliphatic carbocycles. The van der Waals surface area contributed by atoms with Crippen molar-refractivity contribution in [2.24, 2.45) is 0 Å². The van der Waals surface area contributed by atoms with Gasteiger partial charge in [-0.3, -0.25) is 9.63 Å². The molecule has 0 radical (unpaired) electrons. The van der Waals surface area contributed by atoms with Crippen LogP contribution in [0.5, 0.6) is 0 Å². The number of aryl methyl sites for hydroxylation is 1. The molecule has 0 N–H and O–H groups in total. The minimum atomic E-state index is -0.931. The number of benzene rings is 1. The summed E-state index contributed by atoms with van der Waals surface area (Å²) < 4.78 is 44.0. The minimum Gasteiger partial charge on any atom is -0.444 e. The third-order valence-corrected chi connectivity index (χ3v) is 6.18. The maximum Gasteiger partial charge on any atom is 0.410 e. The number of morpholine rings is 1. The standard InChI is InChI=1S/C27H32F2N4O5/c1-16-7-8-33-21(14-18-15-32(9-10-37-18)26(35)38-27(2,3)4)24(30-22(33)11-16)23-19(28)12-17(13-20(23)29)25(34)31(5)36-6/h7-8,11-13,18H,9-10,14-15H2,1-6H3/t18-/m0/s1. The van der Waals surface area contributed by atoms with E-state index in [-0.39, 0.29) is 29.8 Å².